The van der Waals surface area contributed by atoms with Crippen molar-refractivity contribution in [2.75, 3.05) is 36.3 Å². The molecule has 0 radical (unpaired) electrons. The third kappa shape index (κ3) is 7.53. The number of hydrogen-bond acceptors (Lipinski definition) is 7. The number of aromatic nitrogens is 2. The van der Waals surface area contributed by atoms with E-state index < -0.39 is 10.2 Å². The standard InChI is InChI=1S/C30H31N5O5S/c1-22-29(34-41(37,38)35-14-16-39-17-15-35)33-28(19-31-22)25-8-5-9-26(18-25)30(36)32-27-12-10-24(11-13-27)21-40-20-23-6-3-2-4-7-23/h2-13,18-19H,14-17,20-21H2,1H3,(H,32,36)(H,33,34). The maximum Gasteiger partial charge on any atom is 0.303 e. The molecule has 1 aliphatic rings. The molecule has 1 amide bonds. The van der Waals surface area contributed by atoms with Gasteiger partial charge in [0, 0.05) is 29.9 Å². The van der Waals surface area contributed by atoms with E-state index in [1.807, 2.05) is 54.6 Å². The molecule has 0 aliphatic carbocycles. The monoisotopic (exact) mass is 573 g/mol. The molecule has 1 fully saturated rings. The Balaban J connectivity index is 1.22. The van der Waals surface area contributed by atoms with Crippen molar-refractivity contribution in [3.63, 3.8) is 0 Å². The number of hydrogen-bond donors (Lipinski definition) is 2. The summed E-state index contributed by atoms with van der Waals surface area (Å²) in [4.78, 5) is 21.9. The molecular weight excluding hydrogens is 542 g/mol. The Bertz CT molecular complexity index is 1590. The van der Waals surface area contributed by atoms with Crippen molar-refractivity contribution >= 4 is 27.6 Å². The maximum atomic E-state index is 13.0. The molecule has 212 valence electrons. The molecule has 0 bridgehead atoms. The molecule has 0 atom stereocenters. The second-order valence-corrected chi connectivity index (χ2v) is 11.2. The van der Waals surface area contributed by atoms with Crippen LogP contribution in [0, 0.1) is 6.92 Å². The van der Waals surface area contributed by atoms with E-state index in [-0.39, 0.29) is 24.8 Å². The molecule has 1 aromatic heterocycles. The van der Waals surface area contributed by atoms with Gasteiger partial charge in [-0.3, -0.25) is 14.5 Å². The summed E-state index contributed by atoms with van der Waals surface area (Å²) in [5.74, 6) is -0.148. The first-order valence-corrected chi connectivity index (χ1v) is 14.6. The zero-order chi connectivity index (χ0) is 28.7. The van der Waals surface area contributed by atoms with Crippen molar-refractivity contribution in [3.8, 4) is 11.3 Å². The highest BCUT2D eigenvalue weighted by atomic mass is 32.2. The van der Waals surface area contributed by atoms with Gasteiger partial charge in [-0.15, -0.1) is 0 Å². The smallest absolute Gasteiger partial charge is 0.303 e. The van der Waals surface area contributed by atoms with Gasteiger partial charge in [0.05, 0.1) is 44.0 Å². The number of anilines is 2. The molecule has 0 spiro atoms. The van der Waals surface area contributed by atoms with Crippen LogP contribution in [0.3, 0.4) is 0 Å². The summed E-state index contributed by atoms with van der Waals surface area (Å²) in [6, 6.07) is 24.4. The van der Waals surface area contributed by atoms with Crippen LogP contribution in [-0.4, -0.2) is 54.9 Å². The Hall–Kier alpha value is -4.16. The predicted octanol–water partition coefficient (Wildman–Crippen LogP) is 4.41. The van der Waals surface area contributed by atoms with Crippen LogP contribution in [0.15, 0.2) is 85.1 Å². The highest BCUT2D eigenvalue weighted by molar-refractivity contribution is 7.90. The number of benzene rings is 3. The molecule has 2 N–H and O–H groups in total. The number of nitrogens with zero attached hydrogens (tertiary/aromatic N) is 3. The zero-order valence-corrected chi connectivity index (χ0v) is 23.4. The first-order valence-electron chi connectivity index (χ1n) is 13.2. The first-order chi connectivity index (χ1) is 19.9. The summed E-state index contributed by atoms with van der Waals surface area (Å²) in [6.07, 6.45) is 1.55. The van der Waals surface area contributed by atoms with Crippen LogP contribution >= 0.6 is 0 Å². The Morgan fingerprint density at radius 1 is 0.951 bits per heavy atom. The summed E-state index contributed by atoms with van der Waals surface area (Å²) >= 11 is 0. The lowest BCUT2D eigenvalue weighted by molar-refractivity contribution is 0.0733. The molecule has 2 heterocycles. The zero-order valence-electron chi connectivity index (χ0n) is 22.6. The quantitative estimate of drug-likeness (QED) is 0.288. The minimum atomic E-state index is -3.81. The fraction of sp³-hybridized carbons (Fsp3) is 0.233. The molecule has 1 aliphatic heterocycles. The Kier molecular flexibility index (Phi) is 9.00. The van der Waals surface area contributed by atoms with Crippen molar-refractivity contribution in [2.45, 2.75) is 20.1 Å². The average molecular weight is 574 g/mol. The van der Waals surface area contributed by atoms with Gasteiger partial charge in [0.2, 0.25) is 0 Å². The van der Waals surface area contributed by atoms with Crippen molar-refractivity contribution in [2.24, 2.45) is 0 Å². The van der Waals surface area contributed by atoms with Crippen molar-refractivity contribution in [3.05, 3.63) is 107 Å². The number of carbonyl (C=O) groups excluding carboxylic acids is 1. The number of ether oxygens (including phenoxy) is 2. The summed E-state index contributed by atoms with van der Waals surface area (Å²) in [5, 5.41) is 2.91. The minimum absolute atomic E-state index is 0.136. The van der Waals surface area contributed by atoms with Crippen molar-refractivity contribution in [1.82, 2.24) is 14.3 Å². The molecule has 4 aromatic rings. The average Bonchev–Trinajstić information content (AvgIpc) is 3.00. The van der Waals surface area contributed by atoms with E-state index in [1.165, 1.54) is 4.31 Å². The van der Waals surface area contributed by atoms with Crippen LogP contribution in [0.1, 0.15) is 27.2 Å². The van der Waals surface area contributed by atoms with E-state index in [4.69, 9.17) is 9.47 Å². The molecule has 3 aromatic carbocycles. The molecular formula is C30H31N5O5S. The fourth-order valence-corrected chi connectivity index (χ4v) is 5.42. The molecule has 11 heteroatoms. The second kappa shape index (κ2) is 13.0. The van der Waals surface area contributed by atoms with Gasteiger partial charge in [0.1, 0.15) is 0 Å². The Labute approximate surface area is 239 Å². The number of aryl methyl sites for hydroxylation is 1. The van der Waals surface area contributed by atoms with E-state index >= 15 is 0 Å². The molecule has 41 heavy (non-hydrogen) atoms. The van der Waals surface area contributed by atoms with E-state index in [2.05, 4.69) is 20.0 Å². The number of amides is 1. The lowest BCUT2D eigenvalue weighted by atomic mass is 10.1. The second-order valence-electron chi connectivity index (χ2n) is 9.52. The topological polar surface area (TPSA) is 123 Å². The van der Waals surface area contributed by atoms with Crippen LogP contribution in [0.2, 0.25) is 0 Å². The van der Waals surface area contributed by atoms with Crippen LogP contribution in [0.4, 0.5) is 11.5 Å². The van der Waals surface area contributed by atoms with Crippen LogP contribution < -0.4 is 10.0 Å². The highest BCUT2D eigenvalue weighted by Crippen LogP contribution is 2.23. The van der Waals surface area contributed by atoms with Gasteiger partial charge >= 0.3 is 10.2 Å². The third-order valence-corrected chi connectivity index (χ3v) is 8.00. The maximum absolute atomic E-state index is 13.0. The predicted molar refractivity (Wildman–Crippen MR) is 156 cm³/mol. The van der Waals surface area contributed by atoms with E-state index in [0.717, 1.165) is 11.1 Å². The molecule has 5 rings (SSSR count). The number of rotatable bonds is 10. The number of carbonyl (C=O) groups is 1. The molecule has 0 saturated carbocycles. The van der Waals surface area contributed by atoms with Crippen LogP contribution in [-0.2, 0) is 32.9 Å². The van der Waals surface area contributed by atoms with Gasteiger partial charge in [0.25, 0.3) is 5.91 Å². The SMILES string of the molecule is Cc1ncc(-c2cccc(C(=O)Nc3ccc(COCc4ccccc4)cc3)c2)nc1NS(=O)(=O)N1CCOCC1. The highest BCUT2D eigenvalue weighted by Gasteiger charge is 2.25. The molecule has 0 unspecified atom stereocenters. The molecule has 10 nitrogen and oxygen atoms in total. The summed E-state index contributed by atoms with van der Waals surface area (Å²) in [7, 11) is -3.81. The third-order valence-electron chi connectivity index (χ3n) is 6.50. The van der Waals surface area contributed by atoms with Gasteiger partial charge in [-0.25, -0.2) is 4.98 Å². The van der Waals surface area contributed by atoms with Crippen molar-refractivity contribution < 1.29 is 22.7 Å². The fourth-order valence-electron chi connectivity index (χ4n) is 4.23. The lowest BCUT2D eigenvalue weighted by Gasteiger charge is -2.26. The van der Waals surface area contributed by atoms with E-state index in [1.54, 1.807) is 37.4 Å². The van der Waals surface area contributed by atoms with Crippen LogP contribution in [0.5, 0.6) is 0 Å². The summed E-state index contributed by atoms with van der Waals surface area (Å²) in [6.45, 7) is 3.89. The Morgan fingerprint density at radius 3 is 2.39 bits per heavy atom. The van der Waals surface area contributed by atoms with Crippen molar-refractivity contribution in [1.29, 1.82) is 0 Å². The minimum Gasteiger partial charge on any atom is -0.379 e. The van der Waals surface area contributed by atoms with Gasteiger partial charge in [-0.2, -0.15) is 12.7 Å². The number of morpholine rings is 1. The van der Waals surface area contributed by atoms with Gasteiger partial charge < -0.3 is 14.8 Å². The first kappa shape index (κ1) is 28.4. The van der Waals surface area contributed by atoms with Crippen LogP contribution in [0.25, 0.3) is 11.3 Å². The number of nitrogens with one attached hydrogen (secondary N) is 2. The van der Waals surface area contributed by atoms with E-state index in [0.29, 0.717) is 54.6 Å². The normalized spacial score (nSPS) is 14.0. The largest absolute Gasteiger partial charge is 0.379 e. The van der Waals surface area contributed by atoms with E-state index in [9.17, 15) is 13.2 Å². The van der Waals surface area contributed by atoms with Gasteiger partial charge in [-0.05, 0) is 42.3 Å². The summed E-state index contributed by atoms with van der Waals surface area (Å²) in [5.41, 5.74) is 4.69. The lowest BCUT2D eigenvalue weighted by Crippen LogP contribution is -2.43. The Morgan fingerprint density at radius 2 is 1.66 bits per heavy atom. The van der Waals surface area contributed by atoms with Gasteiger partial charge in [-0.1, -0.05) is 54.6 Å². The molecule has 1 saturated heterocycles. The van der Waals surface area contributed by atoms with Gasteiger partial charge in [0.15, 0.2) is 5.82 Å². The summed E-state index contributed by atoms with van der Waals surface area (Å²) < 4.78 is 40.6.